The van der Waals surface area contributed by atoms with Gasteiger partial charge in [0.25, 0.3) is 10.1 Å². The first-order valence-corrected chi connectivity index (χ1v) is 4.09. The molecule has 0 radical (unpaired) electrons. The molecule has 0 heterocycles. The lowest BCUT2D eigenvalue weighted by atomic mass is 10.3. The van der Waals surface area contributed by atoms with E-state index in [1.165, 1.54) is 13.0 Å². The van der Waals surface area contributed by atoms with E-state index in [2.05, 4.69) is 6.58 Å². The van der Waals surface area contributed by atoms with E-state index in [-0.39, 0.29) is 4.91 Å². The molecule has 0 atom stereocenters. The zero-order chi connectivity index (χ0) is 8.36. The fraction of sp³-hybridized carbons (Fsp3) is 0.333. The molecule has 1 N–H and O–H groups in total. The van der Waals surface area contributed by atoms with Crippen LogP contribution < -0.4 is 0 Å². The second kappa shape index (κ2) is 2.98. The highest BCUT2D eigenvalue weighted by atomic mass is 32.2. The first-order chi connectivity index (χ1) is 4.34. The second-order valence-electron chi connectivity index (χ2n) is 2.08. The van der Waals surface area contributed by atoms with Crippen LogP contribution in [0, 0.1) is 0 Å². The Morgan fingerprint density at radius 3 is 2.00 bits per heavy atom. The highest BCUT2D eigenvalue weighted by Gasteiger charge is 2.05. The molecule has 0 rings (SSSR count). The van der Waals surface area contributed by atoms with Gasteiger partial charge in [-0.2, -0.15) is 8.42 Å². The molecule has 0 aromatic carbocycles. The van der Waals surface area contributed by atoms with Crippen LogP contribution >= 0.6 is 0 Å². The van der Waals surface area contributed by atoms with Crippen LogP contribution in [0.5, 0.6) is 0 Å². The lowest BCUT2D eigenvalue weighted by Crippen LogP contribution is -1.97. The van der Waals surface area contributed by atoms with Crippen LogP contribution in [0.3, 0.4) is 0 Å². The normalized spacial score (nSPS) is 13.3. The molecule has 0 aromatic heterocycles. The molecule has 0 spiro atoms. The van der Waals surface area contributed by atoms with Gasteiger partial charge in [0.05, 0.1) is 4.91 Å². The van der Waals surface area contributed by atoms with Crippen LogP contribution in [0.2, 0.25) is 0 Å². The van der Waals surface area contributed by atoms with Crippen LogP contribution in [0.1, 0.15) is 13.8 Å². The summed E-state index contributed by atoms with van der Waals surface area (Å²) >= 11 is 0. The summed E-state index contributed by atoms with van der Waals surface area (Å²) in [7, 11) is -4.00. The molecule has 0 aliphatic carbocycles. The van der Waals surface area contributed by atoms with Crippen molar-refractivity contribution in [1.29, 1.82) is 0 Å². The summed E-state index contributed by atoms with van der Waals surface area (Å²) in [5.41, 5.74) is 0.593. The van der Waals surface area contributed by atoms with Crippen molar-refractivity contribution in [3.8, 4) is 0 Å². The van der Waals surface area contributed by atoms with Crippen molar-refractivity contribution < 1.29 is 13.0 Å². The standard InChI is InChI=1S/C6H10O3S/c1-5(2)4-6(3)10(7,8)9/h4H,1H2,2-3H3,(H,7,8,9). The Hall–Kier alpha value is -0.610. The number of hydrogen-bond donors (Lipinski definition) is 1. The molecule has 0 fully saturated rings. The molecule has 0 bridgehead atoms. The molecule has 0 saturated carbocycles. The minimum absolute atomic E-state index is 0.0833. The van der Waals surface area contributed by atoms with Crippen LogP contribution in [-0.4, -0.2) is 13.0 Å². The van der Waals surface area contributed by atoms with E-state index < -0.39 is 10.1 Å². The van der Waals surface area contributed by atoms with Gasteiger partial charge in [-0.25, -0.2) is 0 Å². The Morgan fingerprint density at radius 2 is 1.90 bits per heavy atom. The molecule has 0 aliphatic heterocycles. The van der Waals surface area contributed by atoms with Crippen molar-refractivity contribution in [2.75, 3.05) is 0 Å². The minimum Gasteiger partial charge on any atom is -0.282 e. The van der Waals surface area contributed by atoms with Crippen LogP contribution in [0.4, 0.5) is 0 Å². The van der Waals surface area contributed by atoms with E-state index in [9.17, 15) is 8.42 Å². The van der Waals surface area contributed by atoms with E-state index in [4.69, 9.17) is 4.55 Å². The smallest absolute Gasteiger partial charge is 0.282 e. The lowest BCUT2D eigenvalue weighted by molar-refractivity contribution is 0.491. The molecule has 0 amide bonds. The Kier molecular flexibility index (Phi) is 2.80. The summed E-state index contributed by atoms with van der Waals surface area (Å²) in [6.45, 7) is 6.41. The van der Waals surface area contributed by atoms with Gasteiger partial charge in [-0.1, -0.05) is 12.2 Å². The predicted molar refractivity (Wildman–Crippen MR) is 40.1 cm³/mol. The Balaban J connectivity index is 4.70. The Bertz CT molecular complexity index is 259. The third-order valence-corrected chi connectivity index (χ3v) is 1.79. The third-order valence-electron chi connectivity index (χ3n) is 0.857. The van der Waals surface area contributed by atoms with Crippen molar-refractivity contribution in [1.82, 2.24) is 0 Å². The molecule has 10 heavy (non-hydrogen) atoms. The fourth-order valence-electron chi connectivity index (χ4n) is 0.421. The summed E-state index contributed by atoms with van der Waals surface area (Å²) in [6, 6.07) is 0. The fourth-order valence-corrected chi connectivity index (χ4v) is 0.772. The maximum absolute atomic E-state index is 10.3. The minimum atomic E-state index is -4.00. The lowest BCUT2D eigenvalue weighted by Gasteiger charge is -1.93. The monoisotopic (exact) mass is 162 g/mol. The molecular formula is C6H10O3S. The molecule has 0 unspecified atom stereocenters. The summed E-state index contributed by atoms with van der Waals surface area (Å²) in [6.07, 6.45) is 1.30. The first-order valence-electron chi connectivity index (χ1n) is 2.65. The highest BCUT2D eigenvalue weighted by Crippen LogP contribution is 2.04. The summed E-state index contributed by atoms with van der Waals surface area (Å²) in [5, 5.41) is 0. The number of rotatable bonds is 2. The van der Waals surface area contributed by atoms with Crippen molar-refractivity contribution in [3.05, 3.63) is 23.1 Å². The van der Waals surface area contributed by atoms with Crippen molar-refractivity contribution in [2.45, 2.75) is 13.8 Å². The highest BCUT2D eigenvalue weighted by molar-refractivity contribution is 7.89. The third kappa shape index (κ3) is 3.42. The van der Waals surface area contributed by atoms with E-state index in [0.717, 1.165) is 0 Å². The molecule has 0 aliphatic rings. The van der Waals surface area contributed by atoms with Gasteiger partial charge in [0, 0.05) is 0 Å². The SMILES string of the molecule is C=C(C)C=C(C)S(=O)(=O)O. The topological polar surface area (TPSA) is 54.4 Å². The zero-order valence-electron chi connectivity index (χ0n) is 5.96. The van der Waals surface area contributed by atoms with E-state index in [0.29, 0.717) is 5.57 Å². The number of allylic oxidation sites excluding steroid dienone is 3. The Labute approximate surface area is 60.8 Å². The Morgan fingerprint density at radius 1 is 1.50 bits per heavy atom. The average Bonchev–Trinajstić information content (AvgIpc) is 1.60. The van der Waals surface area contributed by atoms with Crippen LogP contribution in [0.15, 0.2) is 23.1 Å². The van der Waals surface area contributed by atoms with Gasteiger partial charge in [-0.15, -0.1) is 0 Å². The van der Waals surface area contributed by atoms with Gasteiger partial charge in [0.15, 0.2) is 0 Å². The van der Waals surface area contributed by atoms with E-state index >= 15 is 0 Å². The maximum atomic E-state index is 10.3. The molecular weight excluding hydrogens is 152 g/mol. The predicted octanol–water partition coefficient (Wildman–Crippen LogP) is 1.35. The molecule has 4 heteroatoms. The molecule has 0 aromatic rings. The molecule has 0 saturated heterocycles. The van der Waals surface area contributed by atoms with Gasteiger partial charge in [0.1, 0.15) is 0 Å². The quantitative estimate of drug-likeness (QED) is 0.492. The first kappa shape index (κ1) is 9.39. The van der Waals surface area contributed by atoms with Crippen molar-refractivity contribution in [2.24, 2.45) is 0 Å². The van der Waals surface area contributed by atoms with Gasteiger partial charge >= 0.3 is 0 Å². The van der Waals surface area contributed by atoms with Gasteiger partial charge in [-0.05, 0) is 19.9 Å². The molecule has 58 valence electrons. The van der Waals surface area contributed by atoms with E-state index in [1.54, 1.807) is 6.92 Å². The van der Waals surface area contributed by atoms with Gasteiger partial charge in [0.2, 0.25) is 0 Å². The summed E-state index contributed by atoms with van der Waals surface area (Å²) in [4.78, 5) is -0.0833. The van der Waals surface area contributed by atoms with Crippen LogP contribution in [0.25, 0.3) is 0 Å². The molecule has 3 nitrogen and oxygen atoms in total. The van der Waals surface area contributed by atoms with Gasteiger partial charge < -0.3 is 0 Å². The summed E-state index contributed by atoms with van der Waals surface area (Å²) in [5.74, 6) is 0. The zero-order valence-corrected chi connectivity index (χ0v) is 6.77. The summed E-state index contributed by atoms with van der Waals surface area (Å²) < 4.78 is 29.0. The maximum Gasteiger partial charge on any atom is 0.290 e. The average molecular weight is 162 g/mol. The largest absolute Gasteiger partial charge is 0.290 e. The van der Waals surface area contributed by atoms with Crippen molar-refractivity contribution >= 4 is 10.1 Å². The number of hydrogen-bond acceptors (Lipinski definition) is 2. The van der Waals surface area contributed by atoms with E-state index in [1.807, 2.05) is 0 Å². The van der Waals surface area contributed by atoms with Gasteiger partial charge in [-0.3, -0.25) is 4.55 Å². The van der Waals surface area contributed by atoms with Crippen molar-refractivity contribution in [3.63, 3.8) is 0 Å². The van der Waals surface area contributed by atoms with Crippen LogP contribution in [-0.2, 0) is 10.1 Å². The second-order valence-corrected chi connectivity index (χ2v) is 3.67.